The smallest absolute Gasteiger partial charge is 0.249 e. The Morgan fingerprint density at radius 3 is 2.58 bits per heavy atom. The predicted molar refractivity (Wildman–Crippen MR) is 75.0 cm³/mol. The lowest BCUT2D eigenvalue weighted by Crippen LogP contribution is -2.08. The molecular weight excluding hydrogens is 264 g/mol. The first-order valence-electron chi connectivity index (χ1n) is 5.53. The van der Waals surface area contributed by atoms with E-state index in [4.69, 9.17) is 16.7 Å². The van der Waals surface area contributed by atoms with Crippen molar-refractivity contribution in [1.82, 2.24) is 4.98 Å². The Kier molecular flexibility index (Phi) is 4.15. The van der Waals surface area contributed by atoms with Crippen LogP contribution in [0.3, 0.4) is 0 Å². The van der Waals surface area contributed by atoms with Crippen molar-refractivity contribution in [3.05, 3.63) is 59.3 Å². The number of aromatic nitrogens is 1. The molecule has 0 saturated heterocycles. The average Bonchev–Trinajstić information content (AvgIpc) is 2.41. The number of carbonyl (C=O) groups excluding carboxylic acids is 1. The van der Waals surface area contributed by atoms with E-state index in [9.17, 15) is 4.79 Å². The van der Waals surface area contributed by atoms with E-state index in [1.807, 2.05) is 0 Å². The molecule has 1 aromatic carbocycles. The van der Waals surface area contributed by atoms with E-state index in [2.05, 4.69) is 10.3 Å². The van der Waals surface area contributed by atoms with Gasteiger partial charge in [-0.3, -0.25) is 4.79 Å². The van der Waals surface area contributed by atoms with Crippen LogP contribution in [0.5, 0.6) is 5.75 Å². The number of benzene rings is 1. The monoisotopic (exact) mass is 274 g/mol. The molecule has 1 heterocycles. The molecular formula is C14H11ClN2O2. The number of hydrogen-bond donors (Lipinski definition) is 2. The molecule has 4 nitrogen and oxygen atoms in total. The molecule has 0 unspecified atom stereocenters. The van der Waals surface area contributed by atoms with Crippen molar-refractivity contribution in [3.8, 4) is 5.75 Å². The lowest BCUT2D eigenvalue weighted by Gasteiger charge is -2.00. The minimum absolute atomic E-state index is 0.187. The summed E-state index contributed by atoms with van der Waals surface area (Å²) >= 11 is 5.69. The zero-order valence-electron chi connectivity index (χ0n) is 9.88. The molecule has 96 valence electrons. The fraction of sp³-hybridized carbons (Fsp3) is 0. The van der Waals surface area contributed by atoms with Gasteiger partial charge in [0.1, 0.15) is 11.6 Å². The highest BCUT2D eigenvalue weighted by Gasteiger charge is 1.98. The summed E-state index contributed by atoms with van der Waals surface area (Å²) in [5.41, 5.74) is 0.817. The molecule has 5 heteroatoms. The zero-order chi connectivity index (χ0) is 13.7. The average molecular weight is 275 g/mol. The van der Waals surface area contributed by atoms with Gasteiger partial charge in [-0.1, -0.05) is 23.7 Å². The number of nitrogens with one attached hydrogen (secondary N) is 1. The summed E-state index contributed by atoms with van der Waals surface area (Å²) in [6.07, 6.45) is 4.49. The van der Waals surface area contributed by atoms with Crippen LogP contribution in [-0.4, -0.2) is 16.0 Å². The SMILES string of the molecule is O=C(/C=C/c1ccc(O)cc1)Nc1ccc(Cl)cn1. The van der Waals surface area contributed by atoms with E-state index < -0.39 is 0 Å². The number of rotatable bonds is 3. The van der Waals surface area contributed by atoms with Crippen molar-refractivity contribution < 1.29 is 9.90 Å². The standard InChI is InChI=1S/C14H11ClN2O2/c15-11-4-7-13(16-9-11)17-14(19)8-3-10-1-5-12(18)6-2-10/h1-9,18H,(H,16,17,19)/b8-3+. The number of amides is 1. The van der Waals surface area contributed by atoms with Crippen LogP contribution in [0.15, 0.2) is 48.7 Å². The highest BCUT2D eigenvalue weighted by atomic mass is 35.5. The first-order valence-corrected chi connectivity index (χ1v) is 5.91. The third kappa shape index (κ3) is 4.12. The summed E-state index contributed by atoms with van der Waals surface area (Å²) in [5.74, 6) is 0.333. The van der Waals surface area contributed by atoms with E-state index in [1.165, 1.54) is 12.3 Å². The Hall–Kier alpha value is -2.33. The molecule has 0 aliphatic heterocycles. The van der Waals surface area contributed by atoms with Crippen LogP contribution in [0.4, 0.5) is 5.82 Å². The Bertz CT molecular complexity index is 592. The summed E-state index contributed by atoms with van der Waals surface area (Å²) < 4.78 is 0. The van der Waals surface area contributed by atoms with Gasteiger partial charge < -0.3 is 10.4 Å². The van der Waals surface area contributed by atoms with Crippen LogP contribution in [0.25, 0.3) is 6.08 Å². The number of phenolic OH excluding ortho intramolecular Hbond substituents is 1. The maximum atomic E-state index is 11.6. The van der Waals surface area contributed by atoms with E-state index in [0.717, 1.165) is 5.56 Å². The van der Waals surface area contributed by atoms with Crippen molar-refractivity contribution >= 4 is 29.4 Å². The number of pyridine rings is 1. The van der Waals surface area contributed by atoms with Crippen molar-refractivity contribution in [3.63, 3.8) is 0 Å². The molecule has 1 amide bonds. The van der Waals surface area contributed by atoms with Gasteiger partial charge in [-0.2, -0.15) is 0 Å². The number of anilines is 1. The Morgan fingerprint density at radius 2 is 1.95 bits per heavy atom. The van der Waals surface area contributed by atoms with Crippen molar-refractivity contribution in [2.75, 3.05) is 5.32 Å². The Morgan fingerprint density at radius 1 is 1.21 bits per heavy atom. The first-order chi connectivity index (χ1) is 9.13. The normalized spacial score (nSPS) is 10.6. The molecule has 1 aromatic heterocycles. The van der Waals surface area contributed by atoms with Gasteiger partial charge in [-0.05, 0) is 35.9 Å². The highest BCUT2D eigenvalue weighted by Crippen LogP contribution is 2.11. The van der Waals surface area contributed by atoms with Crippen LogP contribution < -0.4 is 5.32 Å². The molecule has 19 heavy (non-hydrogen) atoms. The molecule has 2 rings (SSSR count). The summed E-state index contributed by atoms with van der Waals surface area (Å²) in [6.45, 7) is 0. The second-order valence-corrected chi connectivity index (χ2v) is 4.21. The molecule has 0 fully saturated rings. The van der Waals surface area contributed by atoms with Crippen molar-refractivity contribution in [1.29, 1.82) is 0 Å². The number of phenols is 1. The minimum Gasteiger partial charge on any atom is -0.508 e. The van der Waals surface area contributed by atoms with Gasteiger partial charge in [-0.25, -0.2) is 4.98 Å². The summed E-state index contributed by atoms with van der Waals surface area (Å²) in [6, 6.07) is 9.79. The number of hydrogen-bond acceptors (Lipinski definition) is 3. The third-order valence-electron chi connectivity index (χ3n) is 2.30. The number of carbonyl (C=O) groups is 1. The molecule has 0 saturated carbocycles. The molecule has 0 atom stereocenters. The summed E-state index contributed by atoms with van der Waals surface area (Å²) in [5, 5.41) is 12.2. The molecule has 2 N–H and O–H groups in total. The Labute approximate surface area is 115 Å². The van der Waals surface area contributed by atoms with Crippen LogP contribution in [0, 0.1) is 0 Å². The van der Waals surface area contributed by atoms with Crippen LogP contribution in [0.2, 0.25) is 5.02 Å². The number of aromatic hydroxyl groups is 1. The quantitative estimate of drug-likeness (QED) is 0.846. The lowest BCUT2D eigenvalue weighted by molar-refractivity contribution is -0.111. The van der Waals surface area contributed by atoms with E-state index in [0.29, 0.717) is 10.8 Å². The molecule has 0 spiro atoms. The van der Waals surface area contributed by atoms with Gasteiger partial charge in [-0.15, -0.1) is 0 Å². The number of halogens is 1. The largest absolute Gasteiger partial charge is 0.508 e. The highest BCUT2D eigenvalue weighted by molar-refractivity contribution is 6.30. The van der Waals surface area contributed by atoms with Crippen LogP contribution in [-0.2, 0) is 4.79 Å². The van der Waals surface area contributed by atoms with Gasteiger partial charge in [0.25, 0.3) is 0 Å². The fourth-order valence-electron chi connectivity index (χ4n) is 1.37. The Balaban J connectivity index is 1.97. The molecule has 0 aliphatic rings. The second kappa shape index (κ2) is 6.02. The molecule has 2 aromatic rings. The van der Waals surface area contributed by atoms with Gasteiger partial charge in [0.15, 0.2) is 0 Å². The van der Waals surface area contributed by atoms with Crippen LogP contribution >= 0.6 is 11.6 Å². The summed E-state index contributed by atoms with van der Waals surface area (Å²) in [7, 11) is 0. The maximum absolute atomic E-state index is 11.6. The van der Waals surface area contributed by atoms with E-state index in [-0.39, 0.29) is 11.7 Å². The topological polar surface area (TPSA) is 62.2 Å². The van der Waals surface area contributed by atoms with Crippen molar-refractivity contribution in [2.24, 2.45) is 0 Å². The molecule has 0 aliphatic carbocycles. The molecule has 0 bridgehead atoms. The van der Waals surface area contributed by atoms with Gasteiger partial charge in [0, 0.05) is 12.3 Å². The zero-order valence-corrected chi connectivity index (χ0v) is 10.6. The maximum Gasteiger partial charge on any atom is 0.249 e. The lowest BCUT2D eigenvalue weighted by atomic mass is 10.2. The minimum atomic E-state index is -0.289. The van der Waals surface area contributed by atoms with Gasteiger partial charge in [0.05, 0.1) is 5.02 Å². The van der Waals surface area contributed by atoms with Crippen molar-refractivity contribution in [2.45, 2.75) is 0 Å². The van der Waals surface area contributed by atoms with E-state index in [1.54, 1.807) is 42.5 Å². The number of nitrogens with zero attached hydrogens (tertiary/aromatic N) is 1. The van der Waals surface area contributed by atoms with Gasteiger partial charge in [0.2, 0.25) is 5.91 Å². The fourth-order valence-corrected chi connectivity index (χ4v) is 1.49. The van der Waals surface area contributed by atoms with Gasteiger partial charge >= 0.3 is 0 Å². The van der Waals surface area contributed by atoms with Crippen LogP contribution in [0.1, 0.15) is 5.56 Å². The second-order valence-electron chi connectivity index (χ2n) is 3.78. The molecule has 0 radical (unpaired) electrons. The first kappa shape index (κ1) is 13.1. The summed E-state index contributed by atoms with van der Waals surface area (Å²) in [4.78, 5) is 15.6. The third-order valence-corrected chi connectivity index (χ3v) is 2.52. The van der Waals surface area contributed by atoms with E-state index >= 15 is 0 Å². The predicted octanol–water partition coefficient (Wildman–Crippen LogP) is 3.09.